The maximum atomic E-state index is 10.7. The molecule has 13 heavy (non-hydrogen) atoms. The van der Waals surface area contributed by atoms with Crippen molar-refractivity contribution < 1.29 is 9.90 Å². The lowest BCUT2D eigenvalue weighted by Crippen LogP contribution is -2.48. The van der Waals surface area contributed by atoms with Crippen LogP contribution in [0.3, 0.4) is 0 Å². The van der Waals surface area contributed by atoms with E-state index in [1.165, 1.54) is 0 Å². The quantitative estimate of drug-likeness (QED) is 0.608. The Morgan fingerprint density at radius 2 is 1.85 bits per heavy atom. The van der Waals surface area contributed by atoms with Crippen LogP contribution >= 0.6 is 12.6 Å². The lowest BCUT2D eigenvalue weighted by Gasteiger charge is -2.35. The normalized spacial score (nSPS) is 17.2. The number of aliphatic carboxylic acids is 1. The third-order valence-electron chi connectivity index (χ3n) is 2.21. The Bertz CT molecular complexity index is 187. The second-order valence-electron chi connectivity index (χ2n) is 4.29. The fourth-order valence-electron chi connectivity index (χ4n) is 1.82. The van der Waals surface area contributed by atoms with Gasteiger partial charge in [0.1, 0.15) is 6.04 Å². The molecule has 0 aromatic rings. The first kappa shape index (κ1) is 12.8. The molecular formula is C9H19NO2S. The molecule has 78 valence electrons. The Kier molecular flexibility index (Phi) is 4.26. The highest BCUT2D eigenvalue weighted by Gasteiger charge is 2.36. The van der Waals surface area contributed by atoms with E-state index in [2.05, 4.69) is 12.6 Å². The molecular weight excluding hydrogens is 186 g/mol. The fraction of sp³-hybridized carbons (Fsp3) is 0.889. The van der Waals surface area contributed by atoms with Gasteiger partial charge < -0.3 is 10.8 Å². The summed E-state index contributed by atoms with van der Waals surface area (Å²) in [6.07, 6.45) is 0. The van der Waals surface area contributed by atoms with E-state index in [1.807, 2.05) is 27.7 Å². The van der Waals surface area contributed by atoms with Crippen LogP contribution in [0.2, 0.25) is 0 Å². The van der Waals surface area contributed by atoms with E-state index in [1.54, 1.807) is 0 Å². The van der Waals surface area contributed by atoms with Crippen molar-refractivity contribution in [2.45, 2.75) is 38.5 Å². The number of carboxylic acids is 1. The summed E-state index contributed by atoms with van der Waals surface area (Å²) in [4.78, 5) is 10.7. The van der Waals surface area contributed by atoms with Gasteiger partial charge in [-0.3, -0.25) is 4.79 Å². The van der Waals surface area contributed by atoms with Gasteiger partial charge in [0.15, 0.2) is 0 Å². The molecule has 0 aromatic carbocycles. The van der Waals surface area contributed by atoms with Gasteiger partial charge in [-0.25, -0.2) is 0 Å². The molecule has 0 rings (SSSR count). The summed E-state index contributed by atoms with van der Waals surface area (Å²) in [5.74, 6) is -0.882. The summed E-state index contributed by atoms with van der Waals surface area (Å²) in [5, 5.41) is 8.81. The first-order valence-electron chi connectivity index (χ1n) is 4.38. The van der Waals surface area contributed by atoms with E-state index in [0.29, 0.717) is 0 Å². The zero-order valence-corrected chi connectivity index (χ0v) is 9.51. The van der Waals surface area contributed by atoms with Gasteiger partial charge in [-0.2, -0.15) is 12.6 Å². The van der Waals surface area contributed by atoms with Gasteiger partial charge in [-0.05, 0) is 5.92 Å². The summed E-state index contributed by atoms with van der Waals surface area (Å²) in [7, 11) is 0. The van der Waals surface area contributed by atoms with Crippen LogP contribution in [0.4, 0.5) is 0 Å². The van der Waals surface area contributed by atoms with Gasteiger partial charge in [-0.15, -0.1) is 0 Å². The van der Waals surface area contributed by atoms with Gasteiger partial charge in [-0.1, -0.05) is 27.7 Å². The van der Waals surface area contributed by atoms with Crippen molar-refractivity contribution in [2.24, 2.45) is 17.6 Å². The van der Waals surface area contributed by atoms with E-state index in [-0.39, 0.29) is 16.6 Å². The molecule has 0 saturated carbocycles. The molecule has 0 heterocycles. The Morgan fingerprint density at radius 1 is 1.46 bits per heavy atom. The monoisotopic (exact) mass is 205 g/mol. The number of rotatable bonds is 4. The van der Waals surface area contributed by atoms with Crippen LogP contribution < -0.4 is 5.73 Å². The van der Waals surface area contributed by atoms with E-state index in [0.717, 1.165) is 0 Å². The van der Waals surface area contributed by atoms with E-state index < -0.39 is 12.0 Å². The smallest absolute Gasteiger partial charge is 0.320 e. The van der Waals surface area contributed by atoms with Crippen LogP contribution in [0.25, 0.3) is 0 Å². The lowest BCUT2D eigenvalue weighted by atomic mass is 9.79. The first-order valence-corrected chi connectivity index (χ1v) is 4.83. The largest absolute Gasteiger partial charge is 0.480 e. The van der Waals surface area contributed by atoms with Crippen LogP contribution in [0.1, 0.15) is 27.7 Å². The lowest BCUT2D eigenvalue weighted by molar-refractivity contribution is -0.140. The maximum absolute atomic E-state index is 10.7. The van der Waals surface area contributed by atoms with Crippen molar-refractivity contribution in [2.75, 3.05) is 0 Å². The Balaban J connectivity index is 4.72. The molecule has 0 fully saturated rings. The highest BCUT2D eigenvalue weighted by molar-refractivity contribution is 7.81. The summed E-state index contributed by atoms with van der Waals surface area (Å²) in [6, 6.07) is -0.840. The van der Waals surface area contributed by atoms with Crippen molar-refractivity contribution in [1.82, 2.24) is 0 Å². The minimum absolute atomic E-state index is 0.131. The molecule has 0 aromatic heterocycles. The van der Waals surface area contributed by atoms with Crippen molar-refractivity contribution in [3.63, 3.8) is 0 Å². The summed E-state index contributed by atoms with van der Waals surface area (Å²) in [5.41, 5.74) is 5.60. The van der Waals surface area contributed by atoms with E-state index >= 15 is 0 Å². The number of carboxylic acid groups (broad SMARTS) is 1. The third-order valence-corrected chi connectivity index (χ3v) is 2.50. The van der Waals surface area contributed by atoms with Crippen molar-refractivity contribution in [3.05, 3.63) is 0 Å². The standard InChI is InChI=1S/C9H19NO2S/c1-5(2)6(9(3,4)13)7(10)8(11)12/h5-7,13H,10H2,1-4H3,(H,11,12)/t6?,7-/m0/s1. The summed E-state index contributed by atoms with van der Waals surface area (Å²) >= 11 is 4.38. The van der Waals surface area contributed by atoms with Crippen molar-refractivity contribution in [3.8, 4) is 0 Å². The van der Waals surface area contributed by atoms with Crippen LogP contribution in [-0.2, 0) is 4.79 Å². The molecule has 2 atom stereocenters. The van der Waals surface area contributed by atoms with Gasteiger partial charge in [0, 0.05) is 10.7 Å². The average molecular weight is 205 g/mol. The van der Waals surface area contributed by atoms with Crippen LogP contribution in [0.5, 0.6) is 0 Å². The molecule has 0 spiro atoms. The zero-order valence-electron chi connectivity index (χ0n) is 8.61. The van der Waals surface area contributed by atoms with Crippen LogP contribution in [0.15, 0.2) is 0 Å². The van der Waals surface area contributed by atoms with Crippen LogP contribution in [0, 0.1) is 11.8 Å². The minimum Gasteiger partial charge on any atom is -0.480 e. The van der Waals surface area contributed by atoms with Crippen molar-refractivity contribution >= 4 is 18.6 Å². The van der Waals surface area contributed by atoms with Crippen molar-refractivity contribution in [1.29, 1.82) is 0 Å². The molecule has 0 aliphatic heterocycles. The number of nitrogens with two attached hydrogens (primary N) is 1. The molecule has 0 amide bonds. The summed E-state index contributed by atoms with van der Waals surface area (Å²) < 4.78 is -0.369. The molecule has 1 unspecified atom stereocenters. The zero-order chi connectivity index (χ0) is 10.8. The predicted molar refractivity (Wildman–Crippen MR) is 57.0 cm³/mol. The van der Waals surface area contributed by atoms with Gasteiger partial charge >= 0.3 is 5.97 Å². The Morgan fingerprint density at radius 3 is 1.92 bits per heavy atom. The summed E-state index contributed by atoms with van der Waals surface area (Å²) in [6.45, 7) is 7.71. The highest BCUT2D eigenvalue weighted by Crippen LogP contribution is 2.32. The first-order chi connectivity index (χ1) is 5.68. The Hall–Kier alpha value is -0.220. The number of carbonyl (C=O) groups is 1. The number of thiol groups is 1. The second-order valence-corrected chi connectivity index (χ2v) is 5.44. The maximum Gasteiger partial charge on any atom is 0.320 e. The minimum atomic E-state index is -0.958. The Labute approximate surface area is 85.1 Å². The van der Waals surface area contributed by atoms with Gasteiger partial charge in [0.05, 0.1) is 0 Å². The third kappa shape index (κ3) is 3.56. The predicted octanol–water partition coefficient (Wildman–Crippen LogP) is 1.38. The molecule has 0 saturated heterocycles. The SMILES string of the molecule is CC(C)C([C@H](N)C(=O)O)C(C)(C)S. The topological polar surface area (TPSA) is 63.3 Å². The number of hydrogen-bond acceptors (Lipinski definition) is 3. The van der Waals surface area contributed by atoms with E-state index in [9.17, 15) is 4.79 Å². The van der Waals surface area contributed by atoms with Gasteiger partial charge in [0.25, 0.3) is 0 Å². The van der Waals surface area contributed by atoms with Crippen LogP contribution in [-0.4, -0.2) is 21.9 Å². The molecule has 3 nitrogen and oxygen atoms in total. The highest BCUT2D eigenvalue weighted by atomic mass is 32.1. The van der Waals surface area contributed by atoms with Gasteiger partial charge in [0.2, 0.25) is 0 Å². The molecule has 0 bridgehead atoms. The molecule has 0 radical (unpaired) electrons. The molecule has 0 aliphatic carbocycles. The fourth-order valence-corrected chi connectivity index (χ4v) is 2.28. The second kappa shape index (κ2) is 4.33. The average Bonchev–Trinajstić information content (AvgIpc) is 1.82. The number of hydrogen-bond donors (Lipinski definition) is 3. The van der Waals surface area contributed by atoms with E-state index in [4.69, 9.17) is 10.8 Å². The molecule has 0 aliphatic rings. The molecule has 4 heteroatoms. The molecule has 3 N–H and O–H groups in total.